The van der Waals surface area contributed by atoms with E-state index in [-0.39, 0.29) is 17.4 Å². The van der Waals surface area contributed by atoms with Crippen LogP contribution in [-0.4, -0.2) is 41.5 Å². The zero-order chi connectivity index (χ0) is 19.7. The van der Waals surface area contributed by atoms with Crippen LogP contribution in [0.1, 0.15) is 51.4 Å². The minimum absolute atomic E-state index is 0.230. The molecule has 3 aliphatic rings. The van der Waals surface area contributed by atoms with Crippen molar-refractivity contribution in [2.75, 3.05) is 24.5 Å². The zero-order valence-electron chi connectivity index (χ0n) is 16.0. The molecule has 3 fully saturated rings. The van der Waals surface area contributed by atoms with E-state index >= 15 is 0 Å². The number of hydrogen-bond acceptors (Lipinski definition) is 4. The molecule has 3 atom stereocenters. The summed E-state index contributed by atoms with van der Waals surface area (Å²) in [5.74, 6) is 1.32. The Morgan fingerprint density at radius 2 is 2.04 bits per heavy atom. The van der Waals surface area contributed by atoms with E-state index in [1.54, 1.807) is 12.3 Å². The van der Waals surface area contributed by atoms with E-state index in [2.05, 4.69) is 20.9 Å². The summed E-state index contributed by atoms with van der Waals surface area (Å²) < 4.78 is 0. The number of pyridine rings is 1. The first-order valence-corrected chi connectivity index (χ1v) is 11.0. The lowest BCUT2D eigenvalue weighted by Crippen LogP contribution is -2.51. The van der Waals surface area contributed by atoms with E-state index in [9.17, 15) is 10.1 Å². The normalized spacial score (nSPS) is 30.7. The SMILES string of the molecule is N#CCC1CCCCC1N1CCC2(CCCN(c3ncc(Cl)cc3Cl)C2)C1=O. The van der Waals surface area contributed by atoms with Crippen molar-refractivity contribution in [1.82, 2.24) is 9.88 Å². The topological polar surface area (TPSA) is 60.2 Å². The summed E-state index contributed by atoms with van der Waals surface area (Å²) >= 11 is 12.4. The Hall–Kier alpha value is -1.51. The highest BCUT2D eigenvalue weighted by Gasteiger charge is 2.51. The molecule has 1 aromatic heterocycles. The summed E-state index contributed by atoms with van der Waals surface area (Å²) in [7, 11) is 0. The van der Waals surface area contributed by atoms with Crippen molar-refractivity contribution in [2.24, 2.45) is 11.3 Å². The van der Waals surface area contributed by atoms with Crippen LogP contribution in [0.15, 0.2) is 12.3 Å². The van der Waals surface area contributed by atoms with Crippen LogP contribution in [0.2, 0.25) is 10.0 Å². The van der Waals surface area contributed by atoms with Crippen LogP contribution < -0.4 is 4.90 Å². The van der Waals surface area contributed by atoms with Gasteiger partial charge in [0.1, 0.15) is 5.82 Å². The minimum atomic E-state index is -0.350. The molecule has 1 amide bonds. The van der Waals surface area contributed by atoms with Gasteiger partial charge in [-0.2, -0.15) is 5.26 Å². The average molecular weight is 421 g/mol. The highest BCUT2D eigenvalue weighted by molar-refractivity contribution is 6.36. The molecular formula is C21H26Cl2N4O. The van der Waals surface area contributed by atoms with Crippen molar-refractivity contribution < 1.29 is 4.79 Å². The maximum atomic E-state index is 13.6. The van der Waals surface area contributed by atoms with Gasteiger partial charge >= 0.3 is 0 Å². The summed E-state index contributed by atoms with van der Waals surface area (Å²) in [6.45, 7) is 2.32. The number of piperidine rings is 1. The molecule has 2 aliphatic heterocycles. The van der Waals surface area contributed by atoms with Gasteiger partial charge in [-0.15, -0.1) is 0 Å². The lowest BCUT2D eigenvalue weighted by atomic mass is 9.77. The molecule has 0 radical (unpaired) electrons. The molecule has 1 saturated carbocycles. The molecule has 5 nitrogen and oxygen atoms in total. The van der Waals surface area contributed by atoms with E-state index in [0.717, 1.165) is 57.4 Å². The Bertz CT molecular complexity index is 795. The fourth-order valence-electron chi connectivity index (χ4n) is 5.45. The third kappa shape index (κ3) is 3.57. The number of carbonyl (C=O) groups is 1. The van der Waals surface area contributed by atoms with Gasteiger partial charge in [-0.25, -0.2) is 4.98 Å². The highest BCUT2D eigenvalue weighted by Crippen LogP contribution is 2.45. The molecular weight excluding hydrogens is 395 g/mol. The molecule has 28 heavy (non-hydrogen) atoms. The van der Waals surface area contributed by atoms with Crippen LogP contribution in [0.3, 0.4) is 0 Å². The molecule has 0 bridgehead atoms. The second kappa shape index (κ2) is 8.08. The van der Waals surface area contributed by atoms with Crippen molar-refractivity contribution in [3.8, 4) is 6.07 Å². The monoisotopic (exact) mass is 420 g/mol. The number of rotatable bonds is 3. The molecule has 1 aromatic rings. The van der Waals surface area contributed by atoms with E-state index in [1.807, 2.05) is 0 Å². The maximum absolute atomic E-state index is 13.6. The van der Waals surface area contributed by atoms with E-state index in [0.29, 0.717) is 28.9 Å². The number of nitriles is 1. The van der Waals surface area contributed by atoms with Gasteiger partial charge in [0.15, 0.2) is 0 Å². The molecule has 7 heteroatoms. The summed E-state index contributed by atoms with van der Waals surface area (Å²) in [6.07, 6.45) is 9.33. The van der Waals surface area contributed by atoms with Crippen LogP contribution >= 0.6 is 23.2 Å². The fourth-order valence-corrected chi connectivity index (χ4v) is 5.95. The number of aromatic nitrogens is 1. The highest BCUT2D eigenvalue weighted by atomic mass is 35.5. The van der Waals surface area contributed by atoms with Gasteiger partial charge < -0.3 is 9.80 Å². The second-order valence-electron chi connectivity index (χ2n) is 8.49. The van der Waals surface area contributed by atoms with Crippen molar-refractivity contribution in [1.29, 1.82) is 5.26 Å². The molecule has 1 aliphatic carbocycles. The third-order valence-corrected chi connectivity index (χ3v) is 7.32. The predicted octanol–water partition coefficient (Wildman–Crippen LogP) is 4.68. The van der Waals surface area contributed by atoms with Gasteiger partial charge in [0.25, 0.3) is 0 Å². The molecule has 4 rings (SSSR count). The first kappa shape index (κ1) is 19.8. The number of carbonyl (C=O) groups excluding carboxylic acids is 1. The minimum Gasteiger partial charge on any atom is -0.354 e. The second-order valence-corrected chi connectivity index (χ2v) is 9.33. The number of anilines is 1. The standard InChI is InChI=1S/C21H26Cl2N4O/c22-16-12-17(23)19(25-13-16)26-10-3-7-21(14-26)8-11-27(20(21)28)18-5-2-1-4-15(18)6-9-24/h12-13,15,18H,1-8,10-11,14H2. The van der Waals surface area contributed by atoms with Crippen LogP contribution in [0.5, 0.6) is 0 Å². The summed E-state index contributed by atoms with van der Waals surface area (Å²) in [5, 5.41) is 10.3. The van der Waals surface area contributed by atoms with Crippen molar-refractivity contribution in [3.63, 3.8) is 0 Å². The smallest absolute Gasteiger partial charge is 0.230 e. The lowest BCUT2D eigenvalue weighted by Gasteiger charge is -2.42. The van der Waals surface area contributed by atoms with Crippen LogP contribution in [-0.2, 0) is 4.79 Å². The third-order valence-electron chi connectivity index (χ3n) is 6.83. The van der Waals surface area contributed by atoms with Crippen LogP contribution in [0.25, 0.3) is 0 Å². The first-order chi connectivity index (χ1) is 13.5. The number of likely N-dealkylation sites (tertiary alicyclic amines) is 1. The number of halogens is 2. The fraction of sp³-hybridized carbons (Fsp3) is 0.667. The quantitative estimate of drug-likeness (QED) is 0.711. The molecule has 3 unspecified atom stereocenters. The Morgan fingerprint density at radius 1 is 1.21 bits per heavy atom. The molecule has 1 spiro atoms. The Morgan fingerprint density at radius 3 is 2.82 bits per heavy atom. The molecule has 3 heterocycles. The van der Waals surface area contributed by atoms with Gasteiger partial charge in [-0.1, -0.05) is 36.0 Å². The largest absolute Gasteiger partial charge is 0.354 e. The van der Waals surface area contributed by atoms with Crippen molar-refractivity contribution in [3.05, 3.63) is 22.3 Å². The van der Waals surface area contributed by atoms with E-state index < -0.39 is 0 Å². The first-order valence-electron chi connectivity index (χ1n) is 10.3. The number of amides is 1. The van der Waals surface area contributed by atoms with Gasteiger partial charge in [-0.3, -0.25) is 4.79 Å². The summed E-state index contributed by atoms with van der Waals surface area (Å²) in [5.41, 5.74) is -0.350. The lowest BCUT2D eigenvalue weighted by molar-refractivity contribution is -0.140. The van der Waals surface area contributed by atoms with E-state index in [1.165, 1.54) is 6.42 Å². The maximum Gasteiger partial charge on any atom is 0.230 e. The van der Waals surface area contributed by atoms with Crippen LogP contribution in [0, 0.1) is 22.7 Å². The Labute approximate surface area is 176 Å². The zero-order valence-corrected chi connectivity index (χ0v) is 17.6. The van der Waals surface area contributed by atoms with Gasteiger partial charge in [0.2, 0.25) is 5.91 Å². The van der Waals surface area contributed by atoms with Crippen LogP contribution in [0.4, 0.5) is 5.82 Å². The molecule has 0 aromatic carbocycles. The number of hydrogen-bond donors (Lipinski definition) is 0. The van der Waals surface area contributed by atoms with Crippen molar-refractivity contribution in [2.45, 2.75) is 57.4 Å². The predicted molar refractivity (Wildman–Crippen MR) is 110 cm³/mol. The van der Waals surface area contributed by atoms with Gasteiger partial charge in [-0.05, 0) is 44.1 Å². The average Bonchev–Trinajstić information content (AvgIpc) is 2.98. The van der Waals surface area contributed by atoms with Crippen molar-refractivity contribution >= 4 is 34.9 Å². The molecule has 150 valence electrons. The molecule has 0 N–H and O–H groups in total. The number of nitrogens with zero attached hydrogens (tertiary/aromatic N) is 4. The summed E-state index contributed by atoms with van der Waals surface area (Å²) in [4.78, 5) is 22.3. The van der Waals surface area contributed by atoms with E-state index in [4.69, 9.17) is 23.2 Å². The van der Waals surface area contributed by atoms with Gasteiger partial charge in [0, 0.05) is 38.3 Å². The molecule has 2 saturated heterocycles. The summed E-state index contributed by atoms with van der Waals surface area (Å²) in [6, 6.07) is 4.28. The Kier molecular flexibility index (Phi) is 5.71. The Balaban J connectivity index is 1.53. The van der Waals surface area contributed by atoms with Gasteiger partial charge in [0.05, 0.1) is 21.5 Å².